The minimum atomic E-state index is -0.385. The van der Waals surface area contributed by atoms with E-state index in [4.69, 9.17) is 0 Å². The normalized spacial score (nSPS) is 24.8. The minimum Gasteiger partial charge on any atom is -0.337 e. The van der Waals surface area contributed by atoms with Crippen LogP contribution in [0.4, 0.5) is 5.69 Å². The lowest BCUT2D eigenvalue weighted by atomic mass is 9.90. The van der Waals surface area contributed by atoms with Gasteiger partial charge in [-0.25, -0.2) is 5.01 Å². The van der Waals surface area contributed by atoms with E-state index in [1.165, 1.54) is 23.4 Å². The number of nitro groups is 1. The Labute approximate surface area is 181 Å². The van der Waals surface area contributed by atoms with E-state index in [2.05, 4.69) is 28.6 Å². The zero-order valence-electron chi connectivity index (χ0n) is 17.4. The third-order valence-electron chi connectivity index (χ3n) is 6.51. The van der Waals surface area contributed by atoms with Crippen LogP contribution in [0.15, 0.2) is 71.6 Å². The maximum Gasteiger partial charge on any atom is 0.269 e. The van der Waals surface area contributed by atoms with Gasteiger partial charge in [0.05, 0.1) is 4.92 Å². The van der Waals surface area contributed by atoms with Gasteiger partial charge in [-0.15, -0.1) is 0 Å². The number of carbonyl (C=O) groups is 1. The van der Waals surface area contributed by atoms with Crippen LogP contribution in [-0.4, -0.2) is 32.9 Å². The fourth-order valence-electron chi connectivity index (χ4n) is 4.99. The van der Waals surface area contributed by atoms with E-state index in [0.29, 0.717) is 6.42 Å². The third kappa shape index (κ3) is 3.65. The van der Waals surface area contributed by atoms with E-state index in [0.717, 1.165) is 49.8 Å². The van der Waals surface area contributed by atoms with E-state index >= 15 is 0 Å². The van der Waals surface area contributed by atoms with Crippen LogP contribution in [-0.2, 0) is 11.2 Å². The number of rotatable bonds is 5. The molecule has 2 aliphatic carbocycles. The molecule has 2 atom stereocenters. The average molecular weight is 418 g/mol. The second kappa shape index (κ2) is 8.06. The Morgan fingerprint density at radius 2 is 1.90 bits per heavy atom. The lowest BCUT2D eigenvalue weighted by Crippen LogP contribution is -2.48. The molecule has 0 saturated carbocycles. The molecule has 2 heterocycles. The average Bonchev–Trinajstić information content (AvgIpc) is 3.06. The maximum atomic E-state index is 13.5. The number of hydrogen-bond donors (Lipinski definition) is 1. The molecule has 7 heteroatoms. The fraction of sp³-hybridized carbons (Fsp3) is 0.375. The summed E-state index contributed by atoms with van der Waals surface area (Å²) in [5.41, 5.74) is 8.03. The molecule has 4 aliphatic rings. The molecule has 2 saturated heterocycles. The third-order valence-corrected chi connectivity index (χ3v) is 6.51. The van der Waals surface area contributed by atoms with E-state index in [1.807, 2.05) is 12.2 Å². The highest BCUT2D eigenvalue weighted by atomic mass is 16.6. The summed E-state index contributed by atoms with van der Waals surface area (Å²) in [7, 11) is 0. The second-order valence-electron chi connectivity index (χ2n) is 8.44. The first kappa shape index (κ1) is 19.6. The van der Waals surface area contributed by atoms with Gasteiger partial charge >= 0.3 is 0 Å². The molecule has 2 aliphatic heterocycles. The Kier molecular flexibility index (Phi) is 5.10. The van der Waals surface area contributed by atoms with Crippen molar-refractivity contribution in [2.75, 3.05) is 0 Å². The van der Waals surface area contributed by atoms with Crippen LogP contribution in [0.5, 0.6) is 0 Å². The number of benzene rings is 1. The molecule has 0 radical (unpaired) electrons. The summed E-state index contributed by atoms with van der Waals surface area (Å²) in [5, 5.41) is 12.8. The van der Waals surface area contributed by atoms with Crippen LogP contribution in [0.1, 0.15) is 44.1 Å². The number of allylic oxidation sites excluding steroid dienone is 7. The van der Waals surface area contributed by atoms with E-state index in [9.17, 15) is 14.9 Å². The van der Waals surface area contributed by atoms with Gasteiger partial charge in [-0.3, -0.25) is 20.3 Å². The SMILES string of the molecule is O=C1C2CCC3=CCCC=C3N2[C@@H](Cc2ccc([N+](=O)[O-])cc2)N1NC1=CC=CCC1. The number of carbonyl (C=O) groups excluding carboxylic acids is 1. The van der Waals surface area contributed by atoms with E-state index in [1.54, 1.807) is 17.1 Å². The van der Waals surface area contributed by atoms with Crippen LogP contribution in [0.3, 0.4) is 0 Å². The largest absolute Gasteiger partial charge is 0.337 e. The van der Waals surface area contributed by atoms with Gasteiger partial charge in [0.2, 0.25) is 0 Å². The number of nitrogens with one attached hydrogen (secondary N) is 1. The summed E-state index contributed by atoms with van der Waals surface area (Å²) in [5.74, 6) is 0.105. The lowest BCUT2D eigenvalue weighted by molar-refractivity contribution is -0.384. The lowest BCUT2D eigenvalue weighted by Gasteiger charge is -2.40. The molecule has 0 spiro atoms. The number of hydrazine groups is 1. The molecule has 0 aromatic heterocycles. The van der Waals surface area contributed by atoms with Crippen molar-refractivity contribution in [3.8, 4) is 0 Å². The molecule has 1 amide bonds. The number of hydrogen-bond acceptors (Lipinski definition) is 5. The predicted molar refractivity (Wildman–Crippen MR) is 117 cm³/mol. The smallest absolute Gasteiger partial charge is 0.269 e. The van der Waals surface area contributed by atoms with Crippen molar-refractivity contribution < 1.29 is 9.72 Å². The summed E-state index contributed by atoms with van der Waals surface area (Å²) in [6.07, 6.45) is 16.8. The number of non-ortho nitro benzene ring substituents is 1. The Hall–Kier alpha value is -3.35. The number of piperidine rings is 1. The molecule has 5 rings (SSSR count). The van der Waals surface area contributed by atoms with Gasteiger partial charge in [-0.1, -0.05) is 36.4 Å². The van der Waals surface area contributed by atoms with Crippen molar-refractivity contribution in [2.24, 2.45) is 0 Å². The first-order chi connectivity index (χ1) is 15.1. The Morgan fingerprint density at radius 1 is 1.10 bits per heavy atom. The Bertz CT molecular complexity index is 1020. The topological polar surface area (TPSA) is 78.7 Å². The maximum absolute atomic E-state index is 13.5. The van der Waals surface area contributed by atoms with E-state index in [-0.39, 0.29) is 28.7 Å². The molecular formula is C24H26N4O3. The molecule has 1 aromatic carbocycles. The van der Waals surface area contributed by atoms with Gasteiger partial charge in [0.1, 0.15) is 12.2 Å². The summed E-state index contributed by atoms with van der Waals surface area (Å²) < 4.78 is 0. The summed E-state index contributed by atoms with van der Waals surface area (Å²) in [6, 6.07) is 6.50. The van der Waals surface area contributed by atoms with Crippen molar-refractivity contribution in [1.29, 1.82) is 0 Å². The Balaban J connectivity index is 1.48. The fourth-order valence-corrected chi connectivity index (χ4v) is 4.99. The molecule has 7 nitrogen and oxygen atoms in total. The summed E-state index contributed by atoms with van der Waals surface area (Å²) >= 11 is 0. The molecule has 1 unspecified atom stereocenters. The zero-order valence-corrected chi connectivity index (χ0v) is 17.4. The van der Waals surface area contributed by atoms with Gasteiger partial charge in [0, 0.05) is 29.9 Å². The number of nitrogens with zero attached hydrogens (tertiary/aromatic N) is 3. The van der Waals surface area contributed by atoms with Crippen molar-refractivity contribution in [3.05, 3.63) is 87.3 Å². The number of nitro benzene ring substituents is 1. The summed E-state index contributed by atoms with van der Waals surface area (Å²) in [4.78, 5) is 26.4. The van der Waals surface area contributed by atoms with Crippen molar-refractivity contribution >= 4 is 11.6 Å². The highest BCUT2D eigenvalue weighted by Gasteiger charge is 2.49. The van der Waals surface area contributed by atoms with Crippen LogP contribution in [0.2, 0.25) is 0 Å². The molecule has 0 bridgehead atoms. The molecule has 2 fully saturated rings. The Morgan fingerprint density at radius 3 is 2.65 bits per heavy atom. The number of amides is 1. The van der Waals surface area contributed by atoms with Crippen LogP contribution < -0.4 is 5.43 Å². The van der Waals surface area contributed by atoms with Crippen LogP contribution in [0, 0.1) is 10.1 Å². The molecule has 1 aromatic rings. The summed E-state index contributed by atoms with van der Waals surface area (Å²) in [6.45, 7) is 0. The zero-order chi connectivity index (χ0) is 21.4. The van der Waals surface area contributed by atoms with E-state index < -0.39 is 0 Å². The van der Waals surface area contributed by atoms with Crippen molar-refractivity contribution in [3.63, 3.8) is 0 Å². The predicted octanol–water partition coefficient (Wildman–Crippen LogP) is 4.11. The quantitative estimate of drug-likeness (QED) is 0.575. The molecule has 1 N–H and O–H groups in total. The standard InChI is InChI=1S/C24H26N4O3/c29-24-22-15-12-18-6-4-5-9-21(18)26(22)23(27(24)25-19-7-2-1-3-8-19)16-17-10-13-20(14-11-17)28(30)31/h1-2,6-7,9-11,13-14,22-23,25H,3-5,8,12,15-16H2/t22?,23-/m1/s1. The highest BCUT2D eigenvalue weighted by molar-refractivity contribution is 5.85. The van der Waals surface area contributed by atoms with Gasteiger partial charge in [0.25, 0.3) is 11.6 Å². The first-order valence-corrected chi connectivity index (χ1v) is 11.0. The van der Waals surface area contributed by atoms with Crippen molar-refractivity contribution in [1.82, 2.24) is 15.3 Å². The monoisotopic (exact) mass is 418 g/mol. The van der Waals surface area contributed by atoms with Gasteiger partial charge in [-0.05, 0) is 55.7 Å². The van der Waals surface area contributed by atoms with Crippen LogP contribution >= 0.6 is 0 Å². The van der Waals surface area contributed by atoms with Crippen LogP contribution in [0.25, 0.3) is 0 Å². The molecular weight excluding hydrogens is 392 g/mol. The van der Waals surface area contributed by atoms with Gasteiger partial charge in [-0.2, -0.15) is 0 Å². The van der Waals surface area contributed by atoms with Gasteiger partial charge in [0.15, 0.2) is 0 Å². The van der Waals surface area contributed by atoms with Crippen molar-refractivity contribution in [2.45, 2.75) is 57.2 Å². The number of fused-ring (bicyclic) bond motifs is 3. The minimum absolute atomic E-state index is 0.0800. The second-order valence-corrected chi connectivity index (χ2v) is 8.44. The first-order valence-electron chi connectivity index (χ1n) is 11.0. The van der Waals surface area contributed by atoms with Gasteiger partial charge < -0.3 is 4.90 Å². The highest BCUT2D eigenvalue weighted by Crippen LogP contribution is 2.41. The molecule has 160 valence electrons. The molecule has 31 heavy (non-hydrogen) atoms.